The molecule has 3 rings (SSSR count). The van der Waals surface area contributed by atoms with E-state index in [0.717, 1.165) is 24.2 Å². The average molecular weight is 369 g/mol. The van der Waals surface area contributed by atoms with Crippen molar-refractivity contribution in [2.75, 3.05) is 13.1 Å². The van der Waals surface area contributed by atoms with Crippen LogP contribution in [0.2, 0.25) is 0 Å². The van der Waals surface area contributed by atoms with Crippen LogP contribution in [0.3, 0.4) is 0 Å². The molecule has 6 nitrogen and oxygen atoms in total. The van der Waals surface area contributed by atoms with Gasteiger partial charge in [0, 0.05) is 31.6 Å². The number of nitrogens with zero attached hydrogens (tertiary/aromatic N) is 1. The van der Waals surface area contributed by atoms with Crippen LogP contribution in [0.15, 0.2) is 40.8 Å². The van der Waals surface area contributed by atoms with Crippen molar-refractivity contribution in [3.8, 4) is 0 Å². The Labute approximate surface area is 159 Å². The van der Waals surface area contributed by atoms with E-state index < -0.39 is 0 Å². The maximum atomic E-state index is 12.5. The smallest absolute Gasteiger partial charge is 0.255 e. The Morgan fingerprint density at radius 1 is 1.22 bits per heavy atom. The second-order valence-electron chi connectivity index (χ2n) is 7.18. The Kier molecular flexibility index (Phi) is 5.96. The van der Waals surface area contributed by atoms with Gasteiger partial charge in [-0.05, 0) is 38.3 Å². The minimum Gasteiger partial charge on any atom is -0.466 e. The summed E-state index contributed by atoms with van der Waals surface area (Å²) >= 11 is 0. The number of benzene rings is 1. The highest BCUT2D eigenvalue weighted by molar-refractivity contribution is 5.95. The average Bonchev–Trinajstić information content (AvgIpc) is 3.01. The molecule has 27 heavy (non-hydrogen) atoms. The highest BCUT2D eigenvalue weighted by atomic mass is 16.3. The predicted octanol–water partition coefficient (Wildman–Crippen LogP) is 2.71. The number of piperidine rings is 1. The second kappa shape index (κ2) is 8.39. The number of hydrogen-bond donors (Lipinski definition) is 2. The van der Waals surface area contributed by atoms with E-state index >= 15 is 0 Å². The number of nitrogens with two attached hydrogens (primary N) is 1. The van der Waals surface area contributed by atoms with Gasteiger partial charge in [-0.2, -0.15) is 0 Å². The van der Waals surface area contributed by atoms with E-state index in [-0.39, 0.29) is 23.9 Å². The Morgan fingerprint density at radius 3 is 2.48 bits per heavy atom. The molecule has 0 saturated carbocycles. The SMILES string of the molecule is Cc1cc(C(=O)NC2CCN(C(=O)CC(N)c3ccccc3)CC2)c(C)o1. The van der Waals surface area contributed by atoms with Crippen molar-refractivity contribution < 1.29 is 14.0 Å². The predicted molar refractivity (Wildman–Crippen MR) is 103 cm³/mol. The van der Waals surface area contributed by atoms with Crippen molar-refractivity contribution >= 4 is 11.8 Å². The molecule has 1 aromatic heterocycles. The first-order chi connectivity index (χ1) is 12.9. The monoisotopic (exact) mass is 369 g/mol. The molecule has 1 aliphatic rings. The largest absolute Gasteiger partial charge is 0.466 e. The molecule has 1 aliphatic heterocycles. The Morgan fingerprint density at radius 2 is 1.89 bits per heavy atom. The van der Waals surface area contributed by atoms with Crippen LogP contribution in [0, 0.1) is 13.8 Å². The van der Waals surface area contributed by atoms with Crippen molar-refractivity contribution in [3.05, 3.63) is 59.0 Å². The van der Waals surface area contributed by atoms with Gasteiger partial charge in [0.15, 0.2) is 0 Å². The summed E-state index contributed by atoms with van der Waals surface area (Å²) in [5.41, 5.74) is 7.72. The van der Waals surface area contributed by atoms with Crippen molar-refractivity contribution in [1.29, 1.82) is 0 Å². The maximum absolute atomic E-state index is 12.5. The summed E-state index contributed by atoms with van der Waals surface area (Å²) in [6.07, 6.45) is 1.79. The van der Waals surface area contributed by atoms with Gasteiger partial charge in [-0.1, -0.05) is 30.3 Å². The molecule has 1 atom stereocenters. The first-order valence-corrected chi connectivity index (χ1v) is 9.40. The Bertz CT molecular complexity index is 792. The second-order valence-corrected chi connectivity index (χ2v) is 7.18. The molecular weight excluding hydrogens is 342 g/mol. The molecule has 1 aromatic carbocycles. The molecule has 6 heteroatoms. The fraction of sp³-hybridized carbons (Fsp3) is 0.429. The van der Waals surface area contributed by atoms with E-state index in [2.05, 4.69) is 5.32 Å². The number of furan rings is 1. The third-order valence-corrected chi connectivity index (χ3v) is 5.09. The lowest BCUT2D eigenvalue weighted by Gasteiger charge is -2.33. The summed E-state index contributed by atoms with van der Waals surface area (Å²) in [6, 6.07) is 11.2. The molecule has 1 saturated heterocycles. The summed E-state index contributed by atoms with van der Waals surface area (Å²) in [6.45, 7) is 4.89. The highest BCUT2D eigenvalue weighted by Gasteiger charge is 2.26. The van der Waals surface area contributed by atoms with Crippen LogP contribution in [-0.2, 0) is 4.79 Å². The van der Waals surface area contributed by atoms with E-state index in [4.69, 9.17) is 10.2 Å². The van der Waals surface area contributed by atoms with Crippen LogP contribution in [0.5, 0.6) is 0 Å². The van der Waals surface area contributed by atoms with Gasteiger partial charge in [0.2, 0.25) is 5.91 Å². The highest BCUT2D eigenvalue weighted by Crippen LogP contribution is 2.19. The molecule has 0 spiro atoms. The van der Waals surface area contributed by atoms with Gasteiger partial charge >= 0.3 is 0 Å². The van der Waals surface area contributed by atoms with Gasteiger partial charge in [0.05, 0.1) is 5.56 Å². The number of rotatable bonds is 5. The van der Waals surface area contributed by atoms with Gasteiger partial charge in [-0.3, -0.25) is 9.59 Å². The van der Waals surface area contributed by atoms with Gasteiger partial charge < -0.3 is 20.4 Å². The molecule has 1 fully saturated rings. The van der Waals surface area contributed by atoms with Crippen LogP contribution in [0.25, 0.3) is 0 Å². The molecule has 2 amide bonds. The van der Waals surface area contributed by atoms with Gasteiger partial charge in [0.1, 0.15) is 11.5 Å². The number of carbonyl (C=O) groups excluding carboxylic acids is 2. The van der Waals surface area contributed by atoms with Crippen molar-refractivity contribution in [3.63, 3.8) is 0 Å². The normalized spacial score (nSPS) is 16.2. The molecule has 1 unspecified atom stereocenters. The number of aryl methyl sites for hydroxylation is 2. The lowest BCUT2D eigenvalue weighted by molar-refractivity contribution is -0.132. The third-order valence-electron chi connectivity index (χ3n) is 5.09. The van der Waals surface area contributed by atoms with Crippen LogP contribution in [-0.4, -0.2) is 35.8 Å². The molecule has 0 radical (unpaired) electrons. The van der Waals surface area contributed by atoms with E-state index in [1.807, 2.05) is 42.2 Å². The number of amides is 2. The lowest BCUT2D eigenvalue weighted by atomic mass is 10.0. The summed E-state index contributed by atoms with van der Waals surface area (Å²) < 4.78 is 5.42. The van der Waals surface area contributed by atoms with Crippen LogP contribution < -0.4 is 11.1 Å². The van der Waals surface area contributed by atoms with Crippen molar-refractivity contribution in [2.24, 2.45) is 5.73 Å². The van der Waals surface area contributed by atoms with E-state index in [0.29, 0.717) is 30.8 Å². The van der Waals surface area contributed by atoms with Crippen LogP contribution >= 0.6 is 0 Å². The quantitative estimate of drug-likeness (QED) is 0.848. The lowest BCUT2D eigenvalue weighted by Crippen LogP contribution is -2.47. The van der Waals surface area contributed by atoms with Crippen LogP contribution in [0.4, 0.5) is 0 Å². The van der Waals surface area contributed by atoms with Crippen molar-refractivity contribution in [1.82, 2.24) is 10.2 Å². The van der Waals surface area contributed by atoms with E-state index in [9.17, 15) is 9.59 Å². The summed E-state index contributed by atoms with van der Waals surface area (Å²) in [4.78, 5) is 26.8. The van der Waals surface area contributed by atoms with Crippen LogP contribution in [0.1, 0.15) is 52.7 Å². The number of likely N-dealkylation sites (tertiary alicyclic amines) is 1. The standard InChI is InChI=1S/C21H27N3O3/c1-14-12-18(15(2)27-14)21(26)23-17-8-10-24(11-9-17)20(25)13-19(22)16-6-4-3-5-7-16/h3-7,12,17,19H,8-11,13,22H2,1-2H3,(H,23,26). The first-order valence-electron chi connectivity index (χ1n) is 9.40. The summed E-state index contributed by atoms with van der Waals surface area (Å²) in [5, 5.41) is 3.05. The van der Waals surface area contributed by atoms with Gasteiger partial charge in [0.25, 0.3) is 5.91 Å². The Balaban J connectivity index is 1.47. The minimum atomic E-state index is -0.288. The third kappa shape index (κ3) is 4.77. The first kappa shape index (κ1) is 19.2. The zero-order valence-corrected chi connectivity index (χ0v) is 15.9. The molecule has 144 valence electrons. The summed E-state index contributed by atoms with van der Waals surface area (Å²) in [5.74, 6) is 1.32. The molecule has 2 aromatic rings. The van der Waals surface area contributed by atoms with Crippen molar-refractivity contribution in [2.45, 2.75) is 45.2 Å². The fourth-order valence-corrected chi connectivity index (χ4v) is 3.53. The molecule has 2 heterocycles. The Hall–Kier alpha value is -2.60. The zero-order chi connectivity index (χ0) is 19.4. The summed E-state index contributed by atoms with van der Waals surface area (Å²) in [7, 11) is 0. The number of carbonyl (C=O) groups is 2. The topological polar surface area (TPSA) is 88.6 Å². The zero-order valence-electron chi connectivity index (χ0n) is 15.9. The number of nitrogens with one attached hydrogen (secondary N) is 1. The van der Waals surface area contributed by atoms with Gasteiger partial charge in [-0.15, -0.1) is 0 Å². The molecule has 3 N–H and O–H groups in total. The minimum absolute atomic E-state index is 0.0671. The van der Waals surface area contributed by atoms with E-state index in [1.165, 1.54) is 0 Å². The van der Waals surface area contributed by atoms with E-state index in [1.54, 1.807) is 13.0 Å². The number of hydrogen-bond acceptors (Lipinski definition) is 4. The van der Waals surface area contributed by atoms with Gasteiger partial charge in [-0.25, -0.2) is 0 Å². The molecule has 0 bridgehead atoms. The molecule has 0 aliphatic carbocycles. The fourth-order valence-electron chi connectivity index (χ4n) is 3.53. The molecular formula is C21H27N3O3. The maximum Gasteiger partial charge on any atom is 0.255 e.